The van der Waals surface area contributed by atoms with Crippen molar-refractivity contribution >= 4 is 32.2 Å². The average molecular weight is 178 g/mol. The molecular weight excluding hydrogens is 167 g/mol. The molecule has 0 fully saturated rings. The van der Waals surface area contributed by atoms with Gasteiger partial charge in [-0.2, -0.15) is 11.8 Å². The summed E-state index contributed by atoms with van der Waals surface area (Å²) in [6.45, 7) is 0. The smallest absolute Gasteiger partial charge is 0.306 e. The first-order valence-electron chi connectivity index (χ1n) is 2.88. The van der Waals surface area contributed by atoms with Crippen LogP contribution in [0.5, 0.6) is 0 Å². The third kappa shape index (κ3) is 6.12. The summed E-state index contributed by atoms with van der Waals surface area (Å²) < 4.78 is 4.46. The van der Waals surface area contributed by atoms with Gasteiger partial charge in [0, 0.05) is 11.2 Å². The molecule has 4 heteroatoms. The summed E-state index contributed by atoms with van der Waals surface area (Å²) in [6, 6.07) is 0. The number of carbonyl (C=O) groups excluding carboxylic acids is 1. The van der Waals surface area contributed by atoms with E-state index in [4.69, 9.17) is 0 Å². The fourth-order valence-corrected chi connectivity index (χ4v) is 1.73. The van der Waals surface area contributed by atoms with Crippen LogP contribution in [0.25, 0.3) is 0 Å². The number of rotatable bonds is 5. The molecule has 0 radical (unpaired) electrons. The maximum absolute atomic E-state index is 10.5. The zero-order chi connectivity index (χ0) is 7.82. The molecule has 0 aliphatic carbocycles. The molecular formula is C6H11O2PS. The molecule has 0 bridgehead atoms. The fraction of sp³-hybridized carbons (Fsp3) is 0.667. The molecule has 0 atom stereocenters. The summed E-state index contributed by atoms with van der Waals surface area (Å²) in [6.07, 6.45) is 4.17. The number of hydrogen-bond donors (Lipinski definition) is 0. The van der Waals surface area contributed by atoms with Crippen molar-refractivity contribution in [1.82, 2.24) is 0 Å². The van der Waals surface area contributed by atoms with Crippen LogP contribution in [0.15, 0.2) is 0 Å². The molecule has 0 aromatic heterocycles. The van der Waals surface area contributed by atoms with Crippen molar-refractivity contribution in [2.45, 2.75) is 6.42 Å². The van der Waals surface area contributed by atoms with Crippen molar-refractivity contribution in [2.75, 3.05) is 18.4 Å². The highest BCUT2D eigenvalue weighted by molar-refractivity contribution is 8.03. The second kappa shape index (κ2) is 7.10. The zero-order valence-corrected chi connectivity index (χ0v) is 7.71. The van der Waals surface area contributed by atoms with E-state index in [2.05, 4.69) is 11.0 Å². The van der Waals surface area contributed by atoms with E-state index in [-0.39, 0.29) is 5.97 Å². The van der Waals surface area contributed by atoms with Gasteiger partial charge in [-0.3, -0.25) is 4.79 Å². The second-order valence-corrected chi connectivity index (χ2v) is 3.88. The van der Waals surface area contributed by atoms with Crippen LogP contribution < -0.4 is 0 Å². The lowest BCUT2D eigenvalue weighted by atomic mass is 10.5. The van der Waals surface area contributed by atoms with Gasteiger partial charge in [-0.1, -0.05) is 6.30 Å². The Bertz CT molecular complexity index is 116. The largest absolute Gasteiger partial charge is 0.469 e. The molecule has 0 unspecified atom stereocenters. The Hall–Kier alpha value is -0.0100. The molecule has 0 rings (SSSR count). The molecule has 0 N–H and O–H groups in total. The minimum atomic E-state index is -0.131. The number of ether oxygens (including phenoxy) is 1. The van der Waals surface area contributed by atoms with Crippen LogP contribution in [0, 0.1) is 0 Å². The van der Waals surface area contributed by atoms with Crippen LogP contribution in [0.2, 0.25) is 0 Å². The zero-order valence-electron chi connectivity index (χ0n) is 6.00. The van der Waals surface area contributed by atoms with Crippen molar-refractivity contribution in [3.63, 3.8) is 0 Å². The van der Waals surface area contributed by atoms with E-state index in [9.17, 15) is 4.79 Å². The third-order valence-corrected chi connectivity index (χ3v) is 2.81. The fourth-order valence-electron chi connectivity index (χ4n) is 0.387. The summed E-state index contributed by atoms with van der Waals surface area (Å²) in [5, 5.41) is 0. The lowest BCUT2D eigenvalue weighted by Crippen LogP contribution is -2.00. The van der Waals surface area contributed by atoms with Crippen molar-refractivity contribution in [3.05, 3.63) is 0 Å². The highest BCUT2D eigenvalue weighted by Gasteiger charge is 1.97. The lowest BCUT2D eigenvalue weighted by molar-refractivity contribution is -0.140. The van der Waals surface area contributed by atoms with Crippen molar-refractivity contribution < 1.29 is 9.53 Å². The van der Waals surface area contributed by atoms with Crippen LogP contribution in [0.1, 0.15) is 6.42 Å². The molecule has 0 saturated heterocycles. The van der Waals surface area contributed by atoms with Gasteiger partial charge in [0.05, 0.1) is 13.5 Å². The van der Waals surface area contributed by atoms with Crippen LogP contribution in [0.3, 0.4) is 0 Å². The maximum Gasteiger partial charge on any atom is 0.306 e. The third-order valence-electron chi connectivity index (χ3n) is 0.861. The average Bonchev–Trinajstić information content (AvgIpc) is 1.98. The van der Waals surface area contributed by atoms with Gasteiger partial charge < -0.3 is 4.74 Å². The van der Waals surface area contributed by atoms with Crippen molar-refractivity contribution in [3.8, 4) is 0 Å². The summed E-state index contributed by atoms with van der Waals surface area (Å²) in [5.41, 5.74) is 0.997. The summed E-state index contributed by atoms with van der Waals surface area (Å²) in [4.78, 5) is 10.5. The van der Waals surface area contributed by atoms with E-state index in [0.29, 0.717) is 6.42 Å². The Morgan fingerprint density at radius 3 is 3.00 bits per heavy atom. The molecule has 0 spiro atoms. The summed E-state index contributed by atoms with van der Waals surface area (Å²) >= 11 is 1.72. The molecule has 0 aliphatic heterocycles. The predicted molar refractivity (Wildman–Crippen MR) is 48.0 cm³/mol. The Morgan fingerprint density at radius 1 is 1.80 bits per heavy atom. The number of methoxy groups -OCH3 is 1. The molecule has 10 heavy (non-hydrogen) atoms. The summed E-state index contributed by atoms with van der Waals surface area (Å²) in [7, 11) is 2.53. The van der Waals surface area contributed by atoms with Gasteiger partial charge in [0.25, 0.3) is 0 Å². The second-order valence-electron chi connectivity index (χ2n) is 1.59. The van der Waals surface area contributed by atoms with Crippen LogP contribution in [-0.2, 0) is 9.53 Å². The van der Waals surface area contributed by atoms with E-state index in [1.807, 2.05) is 0 Å². The highest BCUT2D eigenvalue weighted by Crippen LogP contribution is 2.09. The topological polar surface area (TPSA) is 26.3 Å². The van der Waals surface area contributed by atoms with Gasteiger partial charge in [-0.25, -0.2) is 0 Å². The molecule has 2 nitrogen and oxygen atoms in total. The molecule has 58 valence electrons. The Balaban J connectivity index is 3.03. The minimum absolute atomic E-state index is 0.131. The summed E-state index contributed by atoms with van der Waals surface area (Å²) in [5.74, 6) is 0.711. The SMILES string of the molecule is C=PCSCCC(=O)OC. The number of thioether (sulfide) groups is 1. The molecule has 0 aliphatic rings. The van der Waals surface area contributed by atoms with Crippen molar-refractivity contribution in [1.29, 1.82) is 0 Å². The van der Waals surface area contributed by atoms with E-state index in [0.717, 1.165) is 19.5 Å². The molecule has 0 saturated carbocycles. The van der Waals surface area contributed by atoms with Gasteiger partial charge in [-0.15, -0.1) is 8.20 Å². The van der Waals surface area contributed by atoms with E-state index < -0.39 is 0 Å². The first kappa shape index (κ1) is 9.99. The Kier molecular flexibility index (Phi) is 7.09. The molecule has 0 aromatic rings. The van der Waals surface area contributed by atoms with Gasteiger partial charge in [0.15, 0.2) is 0 Å². The Morgan fingerprint density at radius 2 is 2.50 bits per heavy atom. The first-order chi connectivity index (χ1) is 4.81. The molecule has 0 amide bonds. The van der Waals surface area contributed by atoms with E-state index >= 15 is 0 Å². The normalized spacial score (nSPS) is 9.70. The first-order valence-corrected chi connectivity index (χ1v) is 5.30. The van der Waals surface area contributed by atoms with Gasteiger partial charge in [-0.05, 0) is 0 Å². The van der Waals surface area contributed by atoms with Gasteiger partial charge >= 0.3 is 5.97 Å². The maximum atomic E-state index is 10.5. The van der Waals surface area contributed by atoms with Crippen molar-refractivity contribution in [2.24, 2.45) is 0 Å². The van der Waals surface area contributed by atoms with Gasteiger partial charge in [0.2, 0.25) is 0 Å². The molecule has 0 heterocycles. The number of hydrogen-bond acceptors (Lipinski definition) is 3. The predicted octanol–water partition coefficient (Wildman–Crippen LogP) is 1.62. The van der Waals surface area contributed by atoms with Crippen LogP contribution >= 0.6 is 20.0 Å². The monoisotopic (exact) mass is 178 g/mol. The van der Waals surface area contributed by atoms with Crippen LogP contribution in [0.4, 0.5) is 0 Å². The quantitative estimate of drug-likeness (QED) is 0.363. The van der Waals surface area contributed by atoms with E-state index in [1.165, 1.54) is 7.11 Å². The Labute approximate surface area is 67.1 Å². The standard InChI is InChI=1S/C6H11O2PS/c1-8-6(7)3-4-10-5-9-2/h2-5H2,1H3. The van der Waals surface area contributed by atoms with E-state index in [1.54, 1.807) is 11.8 Å². The van der Waals surface area contributed by atoms with Gasteiger partial charge in [0.1, 0.15) is 0 Å². The number of carbonyl (C=O) groups is 1. The molecule has 0 aromatic carbocycles. The highest BCUT2D eigenvalue weighted by atomic mass is 32.2. The lowest BCUT2D eigenvalue weighted by Gasteiger charge is -1.96. The number of esters is 1. The minimum Gasteiger partial charge on any atom is -0.469 e. The van der Waals surface area contributed by atoms with Crippen LogP contribution in [-0.4, -0.2) is 30.6 Å².